The number of halogens is 2. The first-order valence-electron chi connectivity index (χ1n) is 8.94. The van der Waals surface area contributed by atoms with Crippen molar-refractivity contribution in [1.82, 2.24) is 14.5 Å². The zero-order valence-electron chi connectivity index (χ0n) is 15.4. The maximum Gasteiger partial charge on any atom is 0.274 e. The van der Waals surface area contributed by atoms with Gasteiger partial charge < -0.3 is 14.6 Å². The highest BCUT2D eigenvalue weighted by Crippen LogP contribution is 2.26. The molecule has 0 saturated carbocycles. The molecule has 0 unspecified atom stereocenters. The average molecular weight is 452 g/mol. The monoisotopic (exact) mass is 451 g/mol. The molecule has 3 heterocycles. The maximum atomic E-state index is 12.9. The normalized spacial score (nSPS) is 13.1. The number of hydrogen-bond donors (Lipinski definition) is 1. The number of thiazole rings is 1. The van der Waals surface area contributed by atoms with Crippen molar-refractivity contribution in [1.29, 1.82) is 0 Å². The van der Waals surface area contributed by atoms with Crippen LogP contribution in [0.4, 0.5) is 0 Å². The van der Waals surface area contributed by atoms with Gasteiger partial charge in [-0.05, 0) is 30.5 Å². The van der Waals surface area contributed by atoms with Crippen LogP contribution in [0.2, 0.25) is 5.02 Å². The Bertz CT molecular complexity index is 1070. The van der Waals surface area contributed by atoms with E-state index >= 15 is 0 Å². The van der Waals surface area contributed by atoms with Gasteiger partial charge in [0.05, 0.1) is 5.56 Å². The molecule has 0 radical (unpaired) electrons. The van der Waals surface area contributed by atoms with Gasteiger partial charge in [0, 0.05) is 42.4 Å². The first-order valence-corrected chi connectivity index (χ1v) is 10.2. The quantitative estimate of drug-likeness (QED) is 0.639. The lowest BCUT2D eigenvalue weighted by atomic mass is 10.1. The van der Waals surface area contributed by atoms with E-state index in [1.165, 1.54) is 11.3 Å². The summed E-state index contributed by atoms with van der Waals surface area (Å²) < 4.78 is 1.66. The minimum absolute atomic E-state index is 0. The van der Waals surface area contributed by atoms with Crippen molar-refractivity contribution >= 4 is 41.3 Å². The Morgan fingerprint density at radius 1 is 1.17 bits per heavy atom. The van der Waals surface area contributed by atoms with Gasteiger partial charge in [-0.15, -0.1) is 23.7 Å². The topological polar surface area (TPSA) is 75.4 Å². The zero-order valence-corrected chi connectivity index (χ0v) is 17.8. The van der Waals surface area contributed by atoms with Crippen LogP contribution in [0.15, 0.2) is 46.8 Å². The molecule has 0 fully saturated rings. The number of hydrogen-bond acceptors (Lipinski definition) is 5. The van der Waals surface area contributed by atoms with E-state index in [0.717, 1.165) is 18.4 Å². The number of aromatic hydroxyl groups is 1. The average Bonchev–Trinajstić information content (AvgIpc) is 3.22. The molecule has 29 heavy (non-hydrogen) atoms. The van der Waals surface area contributed by atoms with Crippen LogP contribution in [0.1, 0.15) is 22.5 Å². The van der Waals surface area contributed by atoms with Crippen LogP contribution in [-0.4, -0.2) is 38.6 Å². The highest BCUT2D eigenvalue weighted by atomic mass is 35.5. The van der Waals surface area contributed by atoms with Crippen LogP contribution in [0.5, 0.6) is 5.75 Å². The van der Waals surface area contributed by atoms with E-state index in [-0.39, 0.29) is 24.0 Å². The number of carbonyl (C=O) groups is 1. The molecule has 2 aromatic heterocycles. The zero-order chi connectivity index (χ0) is 19.7. The fourth-order valence-electron chi connectivity index (χ4n) is 3.38. The first-order chi connectivity index (χ1) is 13.5. The molecule has 1 aromatic carbocycles. The Labute approximate surface area is 182 Å². The standard InChI is InChI=1S/C20H18ClN3O3S.ClH/c21-14-5-3-13(4-6-14)2-1-8-23-9-10-24-12-15(19-22-7-11-28-19)17(25)18(26)16(24)20(23)27;/h3-7,11-12,26H,1-2,8-10H2;1H. The summed E-state index contributed by atoms with van der Waals surface area (Å²) in [5, 5.41) is 13.4. The summed E-state index contributed by atoms with van der Waals surface area (Å²) in [6.45, 7) is 1.61. The molecule has 1 N–H and O–H groups in total. The third kappa shape index (κ3) is 4.32. The molecule has 0 saturated heterocycles. The summed E-state index contributed by atoms with van der Waals surface area (Å²) in [6, 6.07) is 7.65. The number of benzene rings is 1. The smallest absolute Gasteiger partial charge is 0.274 e. The van der Waals surface area contributed by atoms with Crippen molar-refractivity contribution in [3.05, 3.63) is 68.5 Å². The Morgan fingerprint density at radius 2 is 1.93 bits per heavy atom. The Hall–Kier alpha value is -2.35. The summed E-state index contributed by atoms with van der Waals surface area (Å²) in [7, 11) is 0. The number of rotatable bonds is 5. The van der Waals surface area contributed by atoms with Gasteiger partial charge >= 0.3 is 0 Å². The Kier molecular flexibility index (Phi) is 6.62. The van der Waals surface area contributed by atoms with Gasteiger partial charge in [0.15, 0.2) is 11.4 Å². The molecular weight excluding hydrogens is 433 g/mol. The summed E-state index contributed by atoms with van der Waals surface area (Å²) in [5.41, 5.74) is 0.974. The van der Waals surface area contributed by atoms with Gasteiger partial charge in [0.2, 0.25) is 5.43 Å². The van der Waals surface area contributed by atoms with Crippen molar-refractivity contribution in [2.24, 2.45) is 0 Å². The van der Waals surface area contributed by atoms with Crippen molar-refractivity contribution in [2.75, 3.05) is 13.1 Å². The van der Waals surface area contributed by atoms with E-state index in [1.54, 1.807) is 27.2 Å². The van der Waals surface area contributed by atoms with Crippen LogP contribution < -0.4 is 5.43 Å². The maximum absolute atomic E-state index is 12.9. The minimum atomic E-state index is -0.558. The van der Waals surface area contributed by atoms with Crippen LogP contribution in [0.25, 0.3) is 10.6 Å². The van der Waals surface area contributed by atoms with Gasteiger partial charge in [0.25, 0.3) is 5.91 Å². The molecule has 152 valence electrons. The number of pyridine rings is 1. The second-order valence-corrected chi connectivity index (χ2v) is 7.95. The number of nitrogens with zero attached hydrogens (tertiary/aromatic N) is 3. The molecule has 9 heteroatoms. The van der Waals surface area contributed by atoms with Gasteiger partial charge in [-0.3, -0.25) is 9.59 Å². The molecule has 6 nitrogen and oxygen atoms in total. The largest absolute Gasteiger partial charge is 0.503 e. The number of carbonyl (C=O) groups excluding carboxylic acids is 1. The van der Waals surface area contributed by atoms with Gasteiger partial charge in [-0.1, -0.05) is 23.7 Å². The van der Waals surface area contributed by atoms with Gasteiger partial charge in [-0.2, -0.15) is 0 Å². The molecule has 0 atom stereocenters. The Balaban J connectivity index is 0.00000240. The van der Waals surface area contributed by atoms with Crippen LogP contribution in [-0.2, 0) is 13.0 Å². The number of aryl methyl sites for hydroxylation is 1. The number of fused-ring (bicyclic) bond motifs is 1. The number of aromatic nitrogens is 2. The van der Waals surface area contributed by atoms with Crippen LogP contribution in [0, 0.1) is 0 Å². The predicted molar refractivity (Wildman–Crippen MR) is 116 cm³/mol. The van der Waals surface area contributed by atoms with Crippen molar-refractivity contribution < 1.29 is 9.90 Å². The second kappa shape index (κ2) is 8.98. The molecule has 3 aromatic rings. The molecule has 0 bridgehead atoms. The predicted octanol–water partition coefficient (Wildman–Crippen LogP) is 3.84. The third-order valence-corrected chi connectivity index (χ3v) is 5.88. The second-order valence-electron chi connectivity index (χ2n) is 6.62. The molecule has 1 aliphatic heterocycles. The molecule has 0 spiro atoms. The third-order valence-electron chi connectivity index (χ3n) is 4.83. The first kappa shape index (κ1) is 21.4. The van der Waals surface area contributed by atoms with E-state index in [4.69, 9.17) is 11.6 Å². The van der Waals surface area contributed by atoms with Gasteiger partial charge in [0.1, 0.15) is 5.01 Å². The van der Waals surface area contributed by atoms with Crippen molar-refractivity contribution in [3.8, 4) is 16.3 Å². The summed E-state index contributed by atoms with van der Waals surface area (Å²) in [4.78, 5) is 31.2. The van der Waals surface area contributed by atoms with Crippen LogP contribution in [0.3, 0.4) is 0 Å². The molecule has 1 amide bonds. The van der Waals surface area contributed by atoms with Gasteiger partial charge in [-0.25, -0.2) is 4.98 Å². The summed E-state index contributed by atoms with van der Waals surface area (Å²) in [6.07, 6.45) is 4.84. The Morgan fingerprint density at radius 3 is 2.62 bits per heavy atom. The van der Waals surface area contributed by atoms with E-state index < -0.39 is 11.2 Å². The van der Waals surface area contributed by atoms with Crippen LogP contribution >= 0.6 is 35.3 Å². The lowest BCUT2D eigenvalue weighted by Crippen LogP contribution is -2.42. The highest BCUT2D eigenvalue weighted by molar-refractivity contribution is 7.13. The molecule has 4 rings (SSSR count). The minimum Gasteiger partial charge on any atom is -0.503 e. The van der Waals surface area contributed by atoms with E-state index in [2.05, 4.69) is 4.98 Å². The number of amides is 1. The lowest BCUT2D eigenvalue weighted by molar-refractivity contribution is 0.0695. The van der Waals surface area contributed by atoms with E-state index in [9.17, 15) is 14.7 Å². The van der Waals surface area contributed by atoms with Crippen molar-refractivity contribution in [2.45, 2.75) is 19.4 Å². The van der Waals surface area contributed by atoms with Crippen molar-refractivity contribution in [3.63, 3.8) is 0 Å². The fourth-order valence-corrected chi connectivity index (χ4v) is 4.15. The van der Waals surface area contributed by atoms with E-state index in [0.29, 0.717) is 35.2 Å². The molecular formula is C20H19Cl2N3O3S. The summed E-state index contributed by atoms with van der Waals surface area (Å²) in [5.74, 6) is -0.817. The lowest BCUT2D eigenvalue weighted by Gasteiger charge is -2.30. The van der Waals surface area contributed by atoms with E-state index in [1.807, 2.05) is 24.3 Å². The SMILES string of the molecule is Cl.O=C1c2c(O)c(=O)c(-c3nccs3)cn2CCN1CCCc1ccc(Cl)cc1. The molecule has 1 aliphatic rings. The highest BCUT2D eigenvalue weighted by Gasteiger charge is 2.29. The fraction of sp³-hybridized carbons (Fsp3) is 0.250. The molecule has 0 aliphatic carbocycles. The summed E-state index contributed by atoms with van der Waals surface area (Å²) >= 11 is 7.22.